The lowest BCUT2D eigenvalue weighted by Gasteiger charge is -2.18. The number of aromatic nitrogens is 2. The van der Waals surface area contributed by atoms with Crippen molar-refractivity contribution in [1.82, 2.24) is 14.9 Å². The highest BCUT2D eigenvalue weighted by Gasteiger charge is 2.18. The molecule has 1 aromatic heterocycles. The summed E-state index contributed by atoms with van der Waals surface area (Å²) in [6.07, 6.45) is 4.93. The molecule has 6 nitrogen and oxygen atoms in total. The summed E-state index contributed by atoms with van der Waals surface area (Å²) < 4.78 is 13.5. The van der Waals surface area contributed by atoms with Crippen molar-refractivity contribution in [3.63, 3.8) is 0 Å². The van der Waals surface area contributed by atoms with Gasteiger partial charge in [-0.3, -0.25) is 9.36 Å². The molecule has 1 unspecified atom stereocenters. The van der Waals surface area contributed by atoms with Crippen molar-refractivity contribution < 1.29 is 14.3 Å². The van der Waals surface area contributed by atoms with Crippen molar-refractivity contribution in [1.29, 1.82) is 0 Å². The van der Waals surface area contributed by atoms with Gasteiger partial charge in [-0.05, 0) is 55.4 Å². The molecule has 7 heteroatoms. The summed E-state index contributed by atoms with van der Waals surface area (Å²) >= 11 is 5.38. The molecule has 31 heavy (non-hydrogen) atoms. The summed E-state index contributed by atoms with van der Waals surface area (Å²) in [5.74, 6) is 1.15. The standard InChI is InChI=1S/C24H29N3O3S/c1-4-5-9-14-30-21-13-12-18(15-22(21)29-3)17(2)26-23(28)20-16-25-24(31)27(20)19-10-7-6-8-11-19/h6-8,10-13,15-17H,4-5,9,14H2,1-3H3,(H,25,31)(H,26,28). The molecule has 3 rings (SSSR count). The number of nitrogens with zero attached hydrogens (tertiary/aromatic N) is 1. The number of nitrogens with one attached hydrogen (secondary N) is 2. The van der Waals surface area contributed by atoms with Crippen LogP contribution in [0, 0.1) is 4.77 Å². The second-order valence-corrected chi connectivity index (χ2v) is 7.70. The number of benzene rings is 2. The summed E-state index contributed by atoms with van der Waals surface area (Å²) in [4.78, 5) is 16.0. The van der Waals surface area contributed by atoms with Gasteiger partial charge in [-0.2, -0.15) is 0 Å². The van der Waals surface area contributed by atoms with Gasteiger partial charge < -0.3 is 19.8 Å². The van der Waals surface area contributed by atoms with Gasteiger partial charge in [0.2, 0.25) is 0 Å². The number of rotatable bonds is 10. The Kier molecular flexibility index (Phi) is 7.89. The van der Waals surface area contributed by atoms with E-state index in [1.54, 1.807) is 17.9 Å². The zero-order valence-corrected chi connectivity index (χ0v) is 19.0. The molecule has 0 saturated heterocycles. The van der Waals surface area contributed by atoms with E-state index >= 15 is 0 Å². The van der Waals surface area contributed by atoms with E-state index in [4.69, 9.17) is 21.7 Å². The minimum Gasteiger partial charge on any atom is -0.493 e. The van der Waals surface area contributed by atoms with Crippen molar-refractivity contribution in [2.45, 2.75) is 39.2 Å². The maximum atomic E-state index is 13.0. The fraction of sp³-hybridized carbons (Fsp3) is 0.333. The lowest BCUT2D eigenvalue weighted by Crippen LogP contribution is -2.28. The Morgan fingerprint density at radius 2 is 1.94 bits per heavy atom. The van der Waals surface area contributed by atoms with E-state index in [1.807, 2.05) is 55.5 Å². The number of carbonyl (C=O) groups excluding carboxylic acids is 1. The van der Waals surface area contributed by atoms with Crippen LogP contribution in [0.15, 0.2) is 54.7 Å². The van der Waals surface area contributed by atoms with Gasteiger partial charge in [0.05, 0.1) is 19.8 Å². The molecular weight excluding hydrogens is 410 g/mol. The minimum absolute atomic E-state index is 0.220. The van der Waals surface area contributed by atoms with Crippen molar-refractivity contribution >= 4 is 18.1 Å². The van der Waals surface area contributed by atoms with Crippen LogP contribution in [-0.4, -0.2) is 29.2 Å². The van der Waals surface area contributed by atoms with Crippen LogP contribution in [0.3, 0.4) is 0 Å². The predicted octanol–water partition coefficient (Wildman–Crippen LogP) is 5.60. The fourth-order valence-corrected chi connectivity index (χ4v) is 3.59. The van der Waals surface area contributed by atoms with Crippen LogP contribution >= 0.6 is 12.2 Å². The number of para-hydroxylation sites is 1. The highest BCUT2D eigenvalue weighted by atomic mass is 32.1. The van der Waals surface area contributed by atoms with Gasteiger partial charge in [0.15, 0.2) is 16.3 Å². The van der Waals surface area contributed by atoms with Crippen molar-refractivity contribution in [2.75, 3.05) is 13.7 Å². The molecule has 2 N–H and O–H groups in total. The molecule has 0 aliphatic heterocycles. The van der Waals surface area contributed by atoms with E-state index in [1.165, 1.54) is 0 Å². The molecular formula is C24H29N3O3S. The monoisotopic (exact) mass is 439 g/mol. The molecule has 1 heterocycles. The first-order valence-electron chi connectivity index (χ1n) is 10.5. The number of amides is 1. The molecule has 0 aliphatic rings. The third-order valence-corrected chi connectivity index (χ3v) is 5.36. The summed E-state index contributed by atoms with van der Waals surface area (Å²) in [6.45, 7) is 4.75. The summed E-state index contributed by atoms with van der Waals surface area (Å²) in [5, 5.41) is 3.04. The topological polar surface area (TPSA) is 68.3 Å². The third-order valence-electron chi connectivity index (χ3n) is 5.06. The van der Waals surface area contributed by atoms with Crippen LogP contribution in [0.1, 0.15) is 55.2 Å². The number of ether oxygens (including phenoxy) is 2. The highest BCUT2D eigenvalue weighted by Crippen LogP contribution is 2.30. The lowest BCUT2D eigenvalue weighted by molar-refractivity contribution is 0.0933. The second-order valence-electron chi connectivity index (χ2n) is 7.31. The Balaban J connectivity index is 1.74. The molecule has 0 aliphatic carbocycles. The average Bonchev–Trinajstić information content (AvgIpc) is 3.18. The molecule has 2 aromatic carbocycles. The van der Waals surface area contributed by atoms with Gasteiger partial charge >= 0.3 is 0 Å². The number of hydrogen-bond acceptors (Lipinski definition) is 4. The van der Waals surface area contributed by atoms with Crippen molar-refractivity contribution in [3.05, 3.63) is 70.8 Å². The summed E-state index contributed by atoms with van der Waals surface area (Å²) in [7, 11) is 1.62. The van der Waals surface area contributed by atoms with Crippen LogP contribution in [0.5, 0.6) is 11.5 Å². The quantitative estimate of drug-likeness (QED) is 0.319. The SMILES string of the molecule is CCCCCOc1ccc(C(C)NC(=O)c2c[nH]c(=S)n2-c2ccccc2)cc1OC. The van der Waals surface area contributed by atoms with E-state index in [9.17, 15) is 4.79 Å². The molecule has 1 atom stereocenters. The largest absolute Gasteiger partial charge is 0.493 e. The number of carbonyl (C=O) groups is 1. The van der Waals surface area contributed by atoms with E-state index in [0.717, 1.165) is 30.5 Å². The average molecular weight is 440 g/mol. The van der Waals surface area contributed by atoms with Crippen molar-refractivity contribution in [3.8, 4) is 17.2 Å². The Morgan fingerprint density at radius 3 is 2.65 bits per heavy atom. The second kappa shape index (κ2) is 10.8. The molecule has 0 fully saturated rings. The predicted molar refractivity (Wildman–Crippen MR) is 125 cm³/mol. The number of aromatic amines is 1. The van der Waals surface area contributed by atoms with E-state index in [0.29, 0.717) is 28.6 Å². The zero-order valence-electron chi connectivity index (χ0n) is 18.2. The molecule has 1 amide bonds. The van der Waals surface area contributed by atoms with E-state index < -0.39 is 0 Å². The molecule has 164 valence electrons. The number of H-pyrrole nitrogens is 1. The Bertz CT molecular complexity index is 1060. The number of unbranched alkanes of at least 4 members (excludes halogenated alkanes) is 2. The molecule has 0 radical (unpaired) electrons. The van der Waals surface area contributed by atoms with Gasteiger partial charge in [0.25, 0.3) is 5.91 Å². The highest BCUT2D eigenvalue weighted by molar-refractivity contribution is 7.71. The van der Waals surface area contributed by atoms with Crippen LogP contribution in [0.25, 0.3) is 5.69 Å². The van der Waals surface area contributed by atoms with Gasteiger partial charge in [0.1, 0.15) is 5.69 Å². The first kappa shape index (κ1) is 22.6. The maximum absolute atomic E-state index is 13.0. The van der Waals surface area contributed by atoms with Gasteiger partial charge in [-0.25, -0.2) is 0 Å². The summed E-state index contributed by atoms with van der Waals surface area (Å²) in [6, 6.07) is 15.1. The van der Waals surface area contributed by atoms with Crippen LogP contribution in [0.4, 0.5) is 0 Å². The Hall–Kier alpha value is -3.06. The number of hydrogen-bond donors (Lipinski definition) is 2. The molecule has 0 spiro atoms. The Morgan fingerprint density at radius 1 is 1.16 bits per heavy atom. The van der Waals surface area contributed by atoms with Crippen molar-refractivity contribution in [2.24, 2.45) is 0 Å². The van der Waals surface area contributed by atoms with E-state index in [-0.39, 0.29) is 11.9 Å². The maximum Gasteiger partial charge on any atom is 0.270 e. The molecule has 3 aromatic rings. The fourth-order valence-electron chi connectivity index (χ4n) is 3.33. The van der Waals surface area contributed by atoms with Crippen LogP contribution in [0.2, 0.25) is 0 Å². The van der Waals surface area contributed by atoms with Crippen LogP contribution < -0.4 is 14.8 Å². The summed E-state index contributed by atoms with van der Waals surface area (Å²) in [5.41, 5.74) is 2.20. The zero-order chi connectivity index (χ0) is 22.2. The number of imidazole rings is 1. The molecule has 0 bridgehead atoms. The van der Waals surface area contributed by atoms with Gasteiger partial charge in [-0.1, -0.05) is 44.0 Å². The Labute approximate surface area is 188 Å². The van der Waals surface area contributed by atoms with Crippen LogP contribution in [-0.2, 0) is 0 Å². The first-order valence-corrected chi connectivity index (χ1v) is 10.9. The minimum atomic E-state index is -0.233. The molecule has 0 saturated carbocycles. The smallest absolute Gasteiger partial charge is 0.270 e. The lowest BCUT2D eigenvalue weighted by atomic mass is 10.1. The number of methoxy groups -OCH3 is 1. The van der Waals surface area contributed by atoms with E-state index in [2.05, 4.69) is 17.2 Å². The first-order chi connectivity index (χ1) is 15.0. The third kappa shape index (κ3) is 5.55. The van der Waals surface area contributed by atoms with Gasteiger partial charge in [0, 0.05) is 11.9 Å². The van der Waals surface area contributed by atoms with Gasteiger partial charge in [-0.15, -0.1) is 0 Å². The normalized spacial score (nSPS) is 11.7.